The highest BCUT2D eigenvalue weighted by molar-refractivity contribution is 5.28. The lowest BCUT2D eigenvalue weighted by atomic mass is 9.93. The molecule has 0 N–H and O–H groups in total. The van der Waals surface area contributed by atoms with Crippen molar-refractivity contribution in [2.24, 2.45) is 5.92 Å². The molecule has 2 unspecified atom stereocenters. The topological polar surface area (TPSA) is 12.9 Å². The molecule has 0 spiro atoms. The van der Waals surface area contributed by atoms with Gasteiger partial charge in [0.05, 0.1) is 0 Å². The molecule has 1 aliphatic carbocycles. The molecule has 0 saturated heterocycles. The minimum atomic E-state index is 0.623. The molecule has 1 aromatic rings. The van der Waals surface area contributed by atoms with Crippen molar-refractivity contribution in [2.45, 2.75) is 46.0 Å². The van der Waals surface area contributed by atoms with Gasteiger partial charge in [0.2, 0.25) is 0 Å². The van der Waals surface area contributed by atoms with Crippen LogP contribution in [-0.2, 0) is 6.42 Å². The average molecular weight is 215 g/mol. The van der Waals surface area contributed by atoms with Gasteiger partial charge in [-0.05, 0) is 56.6 Å². The number of aryl methyl sites for hydroxylation is 1. The van der Waals surface area contributed by atoms with Crippen molar-refractivity contribution >= 4 is 0 Å². The molecule has 0 bridgehead atoms. The molecule has 2 atom stereocenters. The zero-order chi connectivity index (χ0) is 11.7. The molecule has 0 saturated carbocycles. The van der Waals surface area contributed by atoms with E-state index in [-0.39, 0.29) is 0 Å². The summed E-state index contributed by atoms with van der Waals surface area (Å²) in [6.45, 7) is 10.7. The van der Waals surface area contributed by atoms with Gasteiger partial charge >= 0.3 is 0 Å². The number of fused-ring (bicyclic) bond motifs is 1. The van der Waals surface area contributed by atoms with Gasteiger partial charge in [-0.3, -0.25) is 4.98 Å². The second-order valence-electron chi connectivity index (χ2n) is 5.21. The van der Waals surface area contributed by atoms with E-state index in [1.807, 2.05) is 0 Å². The van der Waals surface area contributed by atoms with Crippen molar-refractivity contribution in [1.29, 1.82) is 0 Å². The third-order valence-electron chi connectivity index (χ3n) is 3.76. The van der Waals surface area contributed by atoms with Gasteiger partial charge in [-0.25, -0.2) is 0 Å². The van der Waals surface area contributed by atoms with Gasteiger partial charge in [0.15, 0.2) is 0 Å². The van der Waals surface area contributed by atoms with Crippen LogP contribution in [-0.4, -0.2) is 4.98 Å². The van der Waals surface area contributed by atoms with Crippen LogP contribution in [0.4, 0.5) is 0 Å². The Morgan fingerprint density at radius 2 is 2.12 bits per heavy atom. The summed E-state index contributed by atoms with van der Waals surface area (Å²) < 4.78 is 0. The number of allylic oxidation sites excluding steroid dienone is 1. The molecular formula is C15H21N. The summed E-state index contributed by atoms with van der Waals surface area (Å²) >= 11 is 0. The fourth-order valence-electron chi connectivity index (χ4n) is 2.60. The molecule has 1 heteroatoms. The molecule has 86 valence electrons. The summed E-state index contributed by atoms with van der Waals surface area (Å²) in [6, 6.07) is 4.40. The Morgan fingerprint density at radius 3 is 2.81 bits per heavy atom. The Morgan fingerprint density at radius 1 is 1.38 bits per heavy atom. The molecule has 0 fully saturated rings. The zero-order valence-electron chi connectivity index (χ0n) is 10.6. The van der Waals surface area contributed by atoms with Gasteiger partial charge in [0, 0.05) is 11.4 Å². The summed E-state index contributed by atoms with van der Waals surface area (Å²) in [5.41, 5.74) is 5.20. The molecule has 16 heavy (non-hydrogen) atoms. The fourth-order valence-corrected chi connectivity index (χ4v) is 2.60. The highest BCUT2D eigenvalue weighted by Crippen LogP contribution is 2.34. The number of rotatable bonds is 1. The Kier molecular flexibility index (Phi) is 3.13. The highest BCUT2D eigenvalue weighted by atomic mass is 14.7. The number of hydrogen-bond donors (Lipinski definition) is 0. The van der Waals surface area contributed by atoms with Gasteiger partial charge in [0.25, 0.3) is 0 Å². The maximum atomic E-state index is 4.72. The van der Waals surface area contributed by atoms with E-state index in [1.165, 1.54) is 29.7 Å². The van der Waals surface area contributed by atoms with Crippen LogP contribution in [0, 0.1) is 12.8 Å². The van der Waals surface area contributed by atoms with E-state index >= 15 is 0 Å². The Bertz CT molecular complexity index is 406. The lowest BCUT2D eigenvalue weighted by molar-refractivity contribution is 0.525. The van der Waals surface area contributed by atoms with Gasteiger partial charge in [-0.1, -0.05) is 25.1 Å². The maximum Gasteiger partial charge on any atom is 0.0447 e. The lowest BCUT2D eigenvalue weighted by Crippen LogP contribution is -2.06. The highest BCUT2D eigenvalue weighted by Gasteiger charge is 2.22. The van der Waals surface area contributed by atoms with Gasteiger partial charge in [-0.2, -0.15) is 0 Å². The van der Waals surface area contributed by atoms with Crippen LogP contribution in [0.5, 0.6) is 0 Å². The molecule has 0 aromatic carbocycles. The normalized spacial score (nSPS) is 24.7. The molecule has 1 aromatic heterocycles. The van der Waals surface area contributed by atoms with Crippen LogP contribution in [0.25, 0.3) is 0 Å². The van der Waals surface area contributed by atoms with Crippen LogP contribution in [0.15, 0.2) is 24.3 Å². The second kappa shape index (κ2) is 4.40. The van der Waals surface area contributed by atoms with Crippen molar-refractivity contribution in [3.05, 3.63) is 41.2 Å². The number of nitrogens with zero attached hydrogens (tertiary/aromatic N) is 1. The van der Waals surface area contributed by atoms with E-state index in [9.17, 15) is 0 Å². The third-order valence-corrected chi connectivity index (χ3v) is 3.76. The smallest absolute Gasteiger partial charge is 0.0447 e. The van der Waals surface area contributed by atoms with Crippen LogP contribution in [0.2, 0.25) is 0 Å². The average Bonchev–Trinajstić information content (AvgIpc) is 2.38. The zero-order valence-corrected chi connectivity index (χ0v) is 10.6. The van der Waals surface area contributed by atoms with Gasteiger partial charge in [0.1, 0.15) is 0 Å². The minimum absolute atomic E-state index is 0.623. The Labute approximate surface area is 98.6 Å². The molecule has 0 aliphatic heterocycles. The fraction of sp³-hybridized carbons (Fsp3) is 0.533. The van der Waals surface area contributed by atoms with E-state index < -0.39 is 0 Å². The van der Waals surface area contributed by atoms with E-state index in [0.717, 1.165) is 12.1 Å². The molecular weight excluding hydrogens is 194 g/mol. The van der Waals surface area contributed by atoms with Crippen molar-refractivity contribution < 1.29 is 0 Å². The largest absolute Gasteiger partial charge is 0.258 e. The van der Waals surface area contributed by atoms with E-state index in [1.54, 1.807) is 0 Å². The summed E-state index contributed by atoms with van der Waals surface area (Å²) in [6.07, 6.45) is 3.60. The van der Waals surface area contributed by atoms with Gasteiger partial charge in [-0.15, -0.1) is 0 Å². The predicted molar refractivity (Wildman–Crippen MR) is 68.6 cm³/mol. The van der Waals surface area contributed by atoms with Crippen molar-refractivity contribution in [3.63, 3.8) is 0 Å². The van der Waals surface area contributed by atoms with E-state index in [0.29, 0.717) is 11.8 Å². The number of hydrogen-bond acceptors (Lipinski definition) is 1. The standard InChI is InChI=1S/C15H21N/c1-10(2)13-7-5-11(3)14-8-6-12(4)16-15(14)9-13/h6,8,11,13H,1,5,7,9H2,2-4H3. The number of aromatic nitrogens is 1. The van der Waals surface area contributed by atoms with E-state index in [4.69, 9.17) is 4.98 Å². The van der Waals surface area contributed by atoms with Crippen molar-refractivity contribution in [3.8, 4) is 0 Å². The summed E-state index contributed by atoms with van der Waals surface area (Å²) in [5.74, 6) is 1.27. The monoisotopic (exact) mass is 215 g/mol. The number of pyridine rings is 1. The Hall–Kier alpha value is -1.11. The Balaban J connectivity index is 2.38. The quantitative estimate of drug-likeness (QED) is 0.509. The lowest BCUT2D eigenvalue weighted by Gasteiger charge is -2.13. The minimum Gasteiger partial charge on any atom is -0.258 e. The van der Waals surface area contributed by atoms with Gasteiger partial charge < -0.3 is 0 Å². The molecule has 1 aliphatic rings. The van der Waals surface area contributed by atoms with Crippen LogP contribution < -0.4 is 0 Å². The first-order chi connectivity index (χ1) is 7.58. The predicted octanol–water partition coefficient (Wildman–Crippen LogP) is 4.02. The SMILES string of the molecule is C=C(C)C1CCC(C)c2ccc(C)nc2C1. The first-order valence-electron chi connectivity index (χ1n) is 6.19. The molecule has 1 heterocycles. The second-order valence-corrected chi connectivity index (χ2v) is 5.21. The van der Waals surface area contributed by atoms with Crippen LogP contribution in [0.1, 0.15) is 49.6 Å². The van der Waals surface area contributed by atoms with E-state index in [2.05, 4.69) is 39.5 Å². The summed E-state index contributed by atoms with van der Waals surface area (Å²) in [4.78, 5) is 4.72. The van der Waals surface area contributed by atoms with Crippen LogP contribution >= 0.6 is 0 Å². The molecule has 2 rings (SSSR count). The molecule has 1 nitrogen and oxygen atoms in total. The third kappa shape index (κ3) is 2.18. The summed E-state index contributed by atoms with van der Waals surface area (Å²) in [5, 5.41) is 0. The molecule has 0 radical (unpaired) electrons. The van der Waals surface area contributed by atoms with Crippen molar-refractivity contribution in [1.82, 2.24) is 4.98 Å². The molecule has 0 amide bonds. The first kappa shape index (κ1) is 11.4. The van der Waals surface area contributed by atoms with Crippen molar-refractivity contribution in [2.75, 3.05) is 0 Å². The summed E-state index contributed by atoms with van der Waals surface area (Å²) in [7, 11) is 0. The maximum absolute atomic E-state index is 4.72. The van der Waals surface area contributed by atoms with Crippen LogP contribution in [0.3, 0.4) is 0 Å². The first-order valence-corrected chi connectivity index (χ1v) is 6.19.